The number of amides is 3. The molecule has 0 aliphatic carbocycles. The molecule has 2 atom stereocenters. The minimum Gasteiger partial charge on any atom is -0.452 e. The molecule has 3 amide bonds. The SMILES string of the molecule is CC(OC(=O)C1CCCN(C(=O)Nc2ccccc2)C1)C(=O)N1CCCC1. The molecule has 146 valence electrons. The summed E-state index contributed by atoms with van der Waals surface area (Å²) >= 11 is 0. The van der Waals surface area contributed by atoms with Gasteiger partial charge in [-0.05, 0) is 44.7 Å². The van der Waals surface area contributed by atoms with Crippen LogP contribution in [0.1, 0.15) is 32.6 Å². The van der Waals surface area contributed by atoms with E-state index in [1.54, 1.807) is 16.7 Å². The van der Waals surface area contributed by atoms with Crippen LogP contribution < -0.4 is 5.32 Å². The second kappa shape index (κ2) is 8.88. The molecule has 2 fully saturated rings. The van der Waals surface area contributed by atoms with Gasteiger partial charge in [0.2, 0.25) is 0 Å². The summed E-state index contributed by atoms with van der Waals surface area (Å²) in [6.45, 7) is 4.00. The second-order valence-electron chi connectivity index (χ2n) is 7.19. The number of benzene rings is 1. The van der Waals surface area contributed by atoms with E-state index < -0.39 is 18.0 Å². The van der Waals surface area contributed by atoms with Gasteiger partial charge in [0.15, 0.2) is 6.10 Å². The van der Waals surface area contributed by atoms with Gasteiger partial charge < -0.3 is 19.9 Å². The van der Waals surface area contributed by atoms with E-state index in [2.05, 4.69) is 5.32 Å². The molecule has 2 aliphatic rings. The van der Waals surface area contributed by atoms with Gasteiger partial charge in [0.1, 0.15) is 0 Å². The van der Waals surface area contributed by atoms with Crippen molar-refractivity contribution in [3.8, 4) is 0 Å². The number of anilines is 1. The summed E-state index contributed by atoms with van der Waals surface area (Å²) in [6, 6.07) is 9.00. The highest BCUT2D eigenvalue weighted by Crippen LogP contribution is 2.20. The first-order valence-corrected chi connectivity index (χ1v) is 9.65. The summed E-state index contributed by atoms with van der Waals surface area (Å²) in [7, 11) is 0. The molecule has 2 aliphatic heterocycles. The molecular weight excluding hydrogens is 346 g/mol. The Bertz CT molecular complexity index is 673. The number of rotatable bonds is 4. The molecule has 0 radical (unpaired) electrons. The molecule has 1 aromatic carbocycles. The minimum atomic E-state index is -0.774. The van der Waals surface area contributed by atoms with E-state index in [0.29, 0.717) is 19.5 Å². The van der Waals surface area contributed by atoms with Crippen LogP contribution in [0.3, 0.4) is 0 Å². The molecule has 2 heterocycles. The van der Waals surface area contributed by atoms with E-state index in [4.69, 9.17) is 4.74 Å². The molecule has 3 rings (SSSR count). The van der Waals surface area contributed by atoms with Gasteiger partial charge in [-0.2, -0.15) is 0 Å². The van der Waals surface area contributed by atoms with Crippen molar-refractivity contribution in [3.05, 3.63) is 30.3 Å². The highest BCUT2D eigenvalue weighted by Gasteiger charge is 2.32. The van der Waals surface area contributed by atoms with Crippen molar-refractivity contribution in [1.82, 2.24) is 9.80 Å². The third kappa shape index (κ3) is 4.99. The van der Waals surface area contributed by atoms with Crippen LogP contribution in [0.4, 0.5) is 10.5 Å². The van der Waals surface area contributed by atoms with Crippen LogP contribution in [-0.2, 0) is 14.3 Å². The predicted molar refractivity (Wildman–Crippen MR) is 101 cm³/mol. The molecule has 0 aromatic heterocycles. The van der Waals surface area contributed by atoms with Crippen LogP contribution in [0.15, 0.2) is 30.3 Å². The molecule has 2 unspecified atom stereocenters. The lowest BCUT2D eigenvalue weighted by Crippen LogP contribution is -2.46. The van der Waals surface area contributed by atoms with Gasteiger partial charge in [-0.3, -0.25) is 9.59 Å². The minimum absolute atomic E-state index is 0.129. The van der Waals surface area contributed by atoms with E-state index in [1.165, 1.54) is 0 Å². The average molecular weight is 373 g/mol. The summed E-state index contributed by atoms with van der Waals surface area (Å²) in [5, 5.41) is 2.84. The lowest BCUT2D eigenvalue weighted by molar-refractivity contribution is -0.163. The monoisotopic (exact) mass is 373 g/mol. The Morgan fingerprint density at radius 3 is 2.41 bits per heavy atom. The zero-order valence-corrected chi connectivity index (χ0v) is 15.7. The molecule has 1 N–H and O–H groups in total. The van der Waals surface area contributed by atoms with Crippen LogP contribution in [0.25, 0.3) is 0 Å². The molecule has 7 heteroatoms. The topological polar surface area (TPSA) is 79.0 Å². The fourth-order valence-corrected chi connectivity index (χ4v) is 3.59. The first-order chi connectivity index (χ1) is 13.0. The number of carbonyl (C=O) groups is 3. The molecule has 7 nitrogen and oxygen atoms in total. The van der Waals surface area contributed by atoms with Crippen LogP contribution in [0.2, 0.25) is 0 Å². The standard InChI is InChI=1S/C20H27N3O4/c1-15(18(24)22-11-5-6-12-22)27-19(25)16-8-7-13-23(14-16)20(26)21-17-9-3-2-4-10-17/h2-4,9-10,15-16H,5-8,11-14H2,1H3,(H,21,26). The maximum absolute atomic E-state index is 12.5. The maximum atomic E-state index is 12.5. The Morgan fingerprint density at radius 1 is 1.04 bits per heavy atom. The molecule has 2 saturated heterocycles. The normalized spacial score (nSPS) is 20.9. The van der Waals surface area contributed by atoms with Crippen LogP contribution >= 0.6 is 0 Å². The highest BCUT2D eigenvalue weighted by atomic mass is 16.5. The smallest absolute Gasteiger partial charge is 0.321 e. The first-order valence-electron chi connectivity index (χ1n) is 9.65. The molecule has 0 bridgehead atoms. The number of nitrogens with one attached hydrogen (secondary N) is 1. The summed E-state index contributed by atoms with van der Waals surface area (Å²) in [6.07, 6.45) is 2.62. The quantitative estimate of drug-likeness (QED) is 0.823. The van der Waals surface area contributed by atoms with Gasteiger partial charge in [-0.1, -0.05) is 18.2 Å². The first kappa shape index (κ1) is 19.2. The number of piperidine rings is 1. The molecule has 0 saturated carbocycles. The Hall–Kier alpha value is -2.57. The number of nitrogens with zero attached hydrogens (tertiary/aromatic N) is 2. The Morgan fingerprint density at radius 2 is 1.70 bits per heavy atom. The maximum Gasteiger partial charge on any atom is 0.321 e. The van der Waals surface area contributed by atoms with Crippen LogP contribution in [-0.4, -0.2) is 60.0 Å². The summed E-state index contributed by atoms with van der Waals surface area (Å²) in [5.74, 6) is -0.920. The van der Waals surface area contributed by atoms with Gasteiger partial charge in [0.25, 0.3) is 5.91 Å². The average Bonchev–Trinajstić information content (AvgIpc) is 3.23. The van der Waals surface area contributed by atoms with Crippen molar-refractivity contribution in [2.75, 3.05) is 31.5 Å². The third-order valence-electron chi connectivity index (χ3n) is 5.13. The Labute approximate surface area is 159 Å². The van der Waals surface area contributed by atoms with Crippen molar-refractivity contribution in [3.63, 3.8) is 0 Å². The Kier molecular flexibility index (Phi) is 6.32. The number of urea groups is 1. The Balaban J connectivity index is 1.51. The van der Waals surface area contributed by atoms with Crippen molar-refractivity contribution in [1.29, 1.82) is 0 Å². The molecule has 0 spiro atoms. The fourth-order valence-electron chi connectivity index (χ4n) is 3.59. The van der Waals surface area contributed by atoms with Crippen LogP contribution in [0, 0.1) is 5.92 Å². The van der Waals surface area contributed by atoms with Crippen molar-refractivity contribution in [2.24, 2.45) is 5.92 Å². The van der Waals surface area contributed by atoms with E-state index >= 15 is 0 Å². The van der Waals surface area contributed by atoms with E-state index in [0.717, 1.165) is 38.0 Å². The zero-order chi connectivity index (χ0) is 19.2. The number of para-hydroxylation sites is 1. The zero-order valence-electron chi connectivity index (χ0n) is 15.7. The highest BCUT2D eigenvalue weighted by molar-refractivity contribution is 5.90. The number of likely N-dealkylation sites (tertiary alicyclic amines) is 2. The molecule has 27 heavy (non-hydrogen) atoms. The van der Waals surface area contributed by atoms with Crippen molar-refractivity contribution in [2.45, 2.75) is 38.7 Å². The fraction of sp³-hybridized carbons (Fsp3) is 0.550. The molecular formula is C20H27N3O4. The largest absolute Gasteiger partial charge is 0.452 e. The van der Waals surface area contributed by atoms with E-state index in [-0.39, 0.29) is 11.9 Å². The van der Waals surface area contributed by atoms with Gasteiger partial charge in [0, 0.05) is 31.9 Å². The van der Waals surface area contributed by atoms with Gasteiger partial charge >= 0.3 is 12.0 Å². The number of ether oxygens (including phenoxy) is 1. The molecule has 1 aromatic rings. The predicted octanol–water partition coefficient (Wildman–Crippen LogP) is 2.48. The lowest BCUT2D eigenvalue weighted by atomic mass is 9.98. The second-order valence-corrected chi connectivity index (χ2v) is 7.19. The number of carbonyl (C=O) groups excluding carboxylic acids is 3. The van der Waals surface area contributed by atoms with Crippen LogP contribution in [0.5, 0.6) is 0 Å². The summed E-state index contributed by atoms with van der Waals surface area (Å²) < 4.78 is 5.42. The lowest BCUT2D eigenvalue weighted by Gasteiger charge is -2.32. The van der Waals surface area contributed by atoms with Gasteiger partial charge in [-0.25, -0.2) is 4.79 Å². The van der Waals surface area contributed by atoms with Gasteiger partial charge in [-0.15, -0.1) is 0 Å². The number of hydrogen-bond acceptors (Lipinski definition) is 4. The van der Waals surface area contributed by atoms with Gasteiger partial charge in [0.05, 0.1) is 5.92 Å². The summed E-state index contributed by atoms with van der Waals surface area (Å²) in [5.41, 5.74) is 0.719. The van der Waals surface area contributed by atoms with E-state index in [9.17, 15) is 14.4 Å². The third-order valence-corrected chi connectivity index (χ3v) is 5.13. The van der Waals surface area contributed by atoms with Crippen molar-refractivity contribution >= 4 is 23.6 Å². The van der Waals surface area contributed by atoms with Crippen molar-refractivity contribution < 1.29 is 19.1 Å². The summed E-state index contributed by atoms with van der Waals surface area (Å²) in [4.78, 5) is 40.6. The number of hydrogen-bond donors (Lipinski definition) is 1. The van der Waals surface area contributed by atoms with E-state index in [1.807, 2.05) is 30.3 Å². The number of esters is 1.